The molecule has 1 aliphatic rings. The van der Waals surface area contributed by atoms with Gasteiger partial charge in [-0.15, -0.1) is 15.3 Å². The van der Waals surface area contributed by atoms with Gasteiger partial charge in [0.25, 0.3) is 0 Å². The van der Waals surface area contributed by atoms with Crippen molar-refractivity contribution in [2.45, 2.75) is 18.8 Å². The predicted molar refractivity (Wildman–Crippen MR) is 72.5 cm³/mol. The molecule has 1 saturated carbocycles. The highest BCUT2D eigenvalue weighted by molar-refractivity contribution is 5.16. The molecule has 21 heavy (non-hydrogen) atoms. The van der Waals surface area contributed by atoms with E-state index in [1.165, 1.54) is 12.1 Å². The number of hydrogen-bond acceptors (Lipinski definition) is 7. The number of rotatable bonds is 8. The van der Waals surface area contributed by atoms with Gasteiger partial charge in [-0.3, -0.25) is 0 Å². The van der Waals surface area contributed by atoms with Gasteiger partial charge in [-0.25, -0.2) is 21.0 Å². The summed E-state index contributed by atoms with van der Waals surface area (Å²) in [5, 5.41) is 9.75. The normalized spacial score (nSPS) is 23.4. The van der Waals surface area contributed by atoms with Crippen LogP contribution in [0.4, 0.5) is 4.39 Å². The lowest BCUT2D eigenvalue weighted by molar-refractivity contribution is 0.268. The van der Waals surface area contributed by atoms with Crippen LogP contribution in [0, 0.1) is 34.2 Å². The summed E-state index contributed by atoms with van der Waals surface area (Å²) >= 11 is 0. The van der Waals surface area contributed by atoms with E-state index >= 15 is 0 Å². The fourth-order valence-electron chi connectivity index (χ4n) is 2.61. The average molecular weight is 291 g/mol. The number of halogens is 1. The smallest absolute Gasteiger partial charge is 0.300 e. The van der Waals surface area contributed by atoms with Gasteiger partial charge in [-0.05, 0) is 37.1 Å². The van der Waals surface area contributed by atoms with Gasteiger partial charge in [0.15, 0.2) is 0 Å². The number of benzene rings is 1. The second kappa shape index (κ2) is 6.13. The summed E-state index contributed by atoms with van der Waals surface area (Å²) in [5.41, 5.74) is 22.3. The van der Waals surface area contributed by atoms with E-state index in [-0.39, 0.29) is 17.7 Å². The molecule has 1 aliphatic carbocycles. The van der Waals surface area contributed by atoms with Crippen LogP contribution in [0.1, 0.15) is 12.0 Å². The second-order valence-electron chi connectivity index (χ2n) is 5.45. The summed E-state index contributed by atoms with van der Waals surface area (Å²) in [5.74, 6) is -1.74. The number of nitrogens with one attached hydrogen (secondary N) is 3. The molecule has 112 valence electrons. The number of nitrogens with zero attached hydrogens (tertiary/aromatic N) is 4. The Morgan fingerprint density at radius 3 is 2.29 bits per heavy atom. The minimum atomic E-state index is -1.55. The average Bonchev–Trinajstić information content (AvgIpc) is 3.24. The number of hydrogen-bond donors (Lipinski definition) is 3. The summed E-state index contributed by atoms with van der Waals surface area (Å²) in [6, 6.07) is 6.37. The lowest BCUT2D eigenvalue weighted by Crippen LogP contribution is -2.27. The van der Waals surface area contributed by atoms with Crippen molar-refractivity contribution in [1.29, 1.82) is 16.6 Å². The highest BCUT2D eigenvalue weighted by Crippen LogP contribution is 2.49. The van der Waals surface area contributed by atoms with Crippen molar-refractivity contribution in [1.82, 2.24) is 4.90 Å². The van der Waals surface area contributed by atoms with Crippen LogP contribution in [0.5, 0.6) is 0 Å². The Kier molecular flexibility index (Phi) is 4.46. The van der Waals surface area contributed by atoms with Gasteiger partial charge in [-0.1, -0.05) is 12.1 Å². The Labute approximate surface area is 122 Å². The van der Waals surface area contributed by atoms with E-state index in [0.717, 1.165) is 18.5 Å². The van der Waals surface area contributed by atoms with Gasteiger partial charge in [0, 0.05) is 19.0 Å². The molecule has 0 aliphatic heterocycles. The van der Waals surface area contributed by atoms with E-state index in [0.29, 0.717) is 6.54 Å². The summed E-state index contributed by atoms with van der Waals surface area (Å²) in [6.07, 6.45) is 0.751. The van der Waals surface area contributed by atoms with E-state index < -0.39 is 5.79 Å². The molecule has 8 heteroatoms. The molecule has 2 rings (SSSR count). The van der Waals surface area contributed by atoms with Crippen molar-refractivity contribution in [3.8, 4) is 0 Å². The van der Waals surface area contributed by atoms with Crippen molar-refractivity contribution in [3.63, 3.8) is 0 Å². The molecule has 1 fully saturated rings. The third-order valence-corrected chi connectivity index (χ3v) is 3.83. The third-order valence-electron chi connectivity index (χ3n) is 3.83. The van der Waals surface area contributed by atoms with E-state index in [9.17, 15) is 4.39 Å². The van der Waals surface area contributed by atoms with Gasteiger partial charge < -0.3 is 4.90 Å². The second-order valence-corrected chi connectivity index (χ2v) is 5.45. The molecule has 7 nitrogen and oxygen atoms in total. The highest BCUT2D eigenvalue weighted by atomic mass is 19.1. The highest BCUT2D eigenvalue weighted by Gasteiger charge is 2.54. The quantitative estimate of drug-likeness (QED) is 0.624. The first-order valence-corrected chi connectivity index (χ1v) is 6.63. The molecule has 2 unspecified atom stereocenters. The van der Waals surface area contributed by atoms with Crippen molar-refractivity contribution >= 4 is 0 Å². The van der Waals surface area contributed by atoms with E-state index in [4.69, 9.17) is 16.6 Å². The zero-order valence-corrected chi connectivity index (χ0v) is 11.8. The van der Waals surface area contributed by atoms with E-state index in [1.54, 1.807) is 12.1 Å². The van der Waals surface area contributed by atoms with E-state index in [1.807, 2.05) is 7.05 Å². The molecule has 0 radical (unpaired) electrons. The molecular formula is C13H18FN7. The Bertz CT molecular complexity index is 508. The van der Waals surface area contributed by atoms with E-state index in [2.05, 4.69) is 20.2 Å². The molecule has 0 spiro atoms. The maximum Gasteiger partial charge on any atom is 0.300 e. The molecule has 1 aromatic rings. The summed E-state index contributed by atoms with van der Waals surface area (Å²) in [4.78, 5) is 2.08. The molecule has 0 aromatic heterocycles. The molecule has 1 aromatic carbocycles. The first-order chi connectivity index (χ1) is 10.0. The van der Waals surface area contributed by atoms with Crippen LogP contribution >= 0.6 is 0 Å². The van der Waals surface area contributed by atoms with Gasteiger partial charge >= 0.3 is 5.79 Å². The molecule has 0 amide bonds. The fourth-order valence-corrected chi connectivity index (χ4v) is 2.61. The molecule has 0 heterocycles. The lowest BCUT2D eigenvalue weighted by atomic mass is 10.1. The zero-order valence-electron chi connectivity index (χ0n) is 11.8. The van der Waals surface area contributed by atoms with Crippen LogP contribution < -0.4 is 0 Å². The monoisotopic (exact) mass is 291 g/mol. The Morgan fingerprint density at radius 1 is 1.19 bits per heavy atom. The molecule has 0 saturated heterocycles. The van der Waals surface area contributed by atoms with Crippen LogP contribution in [-0.4, -0.2) is 24.3 Å². The summed E-state index contributed by atoms with van der Waals surface area (Å²) < 4.78 is 12.8. The summed E-state index contributed by atoms with van der Waals surface area (Å²) in [7, 11) is 1.95. The van der Waals surface area contributed by atoms with Crippen molar-refractivity contribution in [3.05, 3.63) is 35.6 Å². The predicted octanol–water partition coefficient (Wildman–Crippen LogP) is 3.64. The molecule has 0 bridgehead atoms. The summed E-state index contributed by atoms with van der Waals surface area (Å²) in [6.45, 7) is 1.43. The van der Waals surface area contributed by atoms with Crippen LogP contribution in [0.15, 0.2) is 39.6 Å². The molecular weight excluding hydrogens is 273 g/mol. The van der Waals surface area contributed by atoms with Crippen molar-refractivity contribution < 1.29 is 4.39 Å². The standard InChI is InChI=1S/C13H18FN7/c1-21(7-9-2-4-11(14)5-3-9)8-10-6-12(10)13(18-15,19-16)20-17/h2-5,10,12,15-17H,6-8H2,1H3. The van der Waals surface area contributed by atoms with Crippen LogP contribution in [0.25, 0.3) is 0 Å². The Balaban J connectivity index is 1.89. The van der Waals surface area contributed by atoms with Crippen molar-refractivity contribution in [2.24, 2.45) is 27.2 Å². The SMILES string of the molecule is CN(Cc1ccc(F)cc1)CC1CC1C(N=N)(N=N)N=N. The van der Waals surface area contributed by atoms with Gasteiger partial charge in [0.2, 0.25) is 0 Å². The Morgan fingerprint density at radius 2 is 1.76 bits per heavy atom. The first-order valence-electron chi connectivity index (χ1n) is 6.63. The van der Waals surface area contributed by atoms with Crippen LogP contribution in [0.2, 0.25) is 0 Å². The lowest BCUT2D eigenvalue weighted by Gasteiger charge is -2.19. The minimum Gasteiger partial charge on any atom is -0.302 e. The van der Waals surface area contributed by atoms with Crippen molar-refractivity contribution in [2.75, 3.05) is 13.6 Å². The topological polar surface area (TPSA) is 112 Å². The first kappa shape index (κ1) is 15.3. The van der Waals surface area contributed by atoms with Gasteiger partial charge in [0.05, 0.1) is 0 Å². The van der Waals surface area contributed by atoms with Crippen LogP contribution in [0.3, 0.4) is 0 Å². The minimum absolute atomic E-state index is 0.152. The molecule has 2 atom stereocenters. The van der Waals surface area contributed by atoms with Crippen LogP contribution in [-0.2, 0) is 6.54 Å². The largest absolute Gasteiger partial charge is 0.302 e. The maximum absolute atomic E-state index is 12.8. The Hall–Kier alpha value is -2.09. The fraction of sp³-hybridized carbons (Fsp3) is 0.538. The van der Waals surface area contributed by atoms with Gasteiger partial charge in [-0.2, -0.15) is 0 Å². The maximum atomic E-state index is 12.8. The molecule has 3 N–H and O–H groups in total. The third kappa shape index (κ3) is 3.33. The zero-order chi connectivity index (χ0) is 15.5. The van der Waals surface area contributed by atoms with Gasteiger partial charge in [0.1, 0.15) is 5.82 Å².